The Hall–Kier alpha value is -0.530. The topological polar surface area (TPSA) is 56.7 Å². The summed E-state index contributed by atoms with van der Waals surface area (Å²) in [6.07, 6.45) is 3.59. The highest BCUT2D eigenvalue weighted by Gasteiger charge is 2.22. The largest absolute Gasteiger partial charge is 0.393 e. The fraction of sp³-hybridized carbons (Fsp3) is 0.632. The van der Waals surface area contributed by atoms with Crippen LogP contribution in [0.25, 0.3) is 0 Å². The number of rotatable bonds is 5. The Morgan fingerprint density at radius 1 is 1.20 bits per heavy atom. The van der Waals surface area contributed by atoms with Crippen molar-refractivity contribution in [3.8, 4) is 0 Å². The number of aliphatic imine (C=N–C) groups is 1. The Labute approximate surface area is 173 Å². The van der Waals surface area contributed by atoms with Crippen LogP contribution in [0.1, 0.15) is 52.0 Å². The molecule has 0 aliphatic heterocycles. The molecule has 0 amide bonds. The Bertz CT molecular complexity index is 540. The summed E-state index contributed by atoms with van der Waals surface area (Å²) >= 11 is 5.98. The zero-order valence-electron chi connectivity index (χ0n) is 15.4. The van der Waals surface area contributed by atoms with E-state index >= 15 is 0 Å². The lowest BCUT2D eigenvalue weighted by atomic mass is 9.85. The van der Waals surface area contributed by atoms with Gasteiger partial charge in [0.2, 0.25) is 0 Å². The van der Waals surface area contributed by atoms with Crippen molar-refractivity contribution in [2.75, 3.05) is 13.1 Å². The molecule has 6 heteroatoms. The molecule has 0 aromatic heterocycles. The number of aliphatic hydroxyl groups is 1. The molecule has 0 unspecified atom stereocenters. The van der Waals surface area contributed by atoms with Gasteiger partial charge in [-0.2, -0.15) is 0 Å². The van der Waals surface area contributed by atoms with Gasteiger partial charge < -0.3 is 15.7 Å². The van der Waals surface area contributed by atoms with Gasteiger partial charge in [0.25, 0.3) is 0 Å². The van der Waals surface area contributed by atoms with E-state index < -0.39 is 0 Å². The van der Waals surface area contributed by atoms with E-state index in [0.717, 1.165) is 43.2 Å². The molecule has 1 aromatic carbocycles. The van der Waals surface area contributed by atoms with Crippen molar-refractivity contribution in [3.63, 3.8) is 0 Å². The van der Waals surface area contributed by atoms with Crippen molar-refractivity contribution in [2.45, 2.75) is 64.0 Å². The van der Waals surface area contributed by atoms with Crippen LogP contribution in [0.2, 0.25) is 5.02 Å². The fourth-order valence-electron chi connectivity index (χ4n) is 3.00. The van der Waals surface area contributed by atoms with Crippen LogP contribution in [0, 0.1) is 0 Å². The fourth-order valence-corrected chi connectivity index (χ4v) is 3.13. The molecule has 25 heavy (non-hydrogen) atoms. The van der Waals surface area contributed by atoms with Gasteiger partial charge in [0.05, 0.1) is 12.6 Å². The second-order valence-electron chi connectivity index (χ2n) is 7.24. The molecule has 2 rings (SSSR count). The molecule has 1 saturated carbocycles. The minimum atomic E-state index is -0.133. The maximum Gasteiger partial charge on any atom is 0.191 e. The lowest BCUT2D eigenvalue weighted by molar-refractivity contribution is 0.120. The summed E-state index contributed by atoms with van der Waals surface area (Å²) in [6.45, 7) is 7.99. The molecular formula is C19H31ClIN3O. The molecule has 1 aromatic rings. The second-order valence-corrected chi connectivity index (χ2v) is 7.67. The highest BCUT2D eigenvalue weighted by Crippen LogP contribution is 2.25. The Balaban J connectivity index is 0.00000312. The summed E-state index contributed by atoms with van der Waals surface area (Å²) in [5.41, 5.74) is 1.17. The molecule has 0 bridgehead atoms. The smallest absolute Gasteiger partial charge is 0.191 e. The maximum absolute atomic E-state index is 9.64. The lowest BCUT2D eigenvalue weighted by Crippen LogP contribution is -2.45. The first kappa shape index (κ1) is 22.5. The highest BCUT2D eigenvalue weighted by atomic mass is 127. The molecule has 0 saturated heterocycles. The summed E-state index contributed by atoms with van der Waals surface area (Å²) in [5, 5.41) is 17.2. The van der Waals surface area contributed by atoms with E-state index in [1.165, 1.54) is 5.56 Å². The van der Waals surface area contributed by atoms with Gasteiger partial charge in [-0.1, -0.05) is 37.6 Å². The Morgan fingerprint density at radius 2 is 1.80 bits per heavy atom. The average molecular weight is 480 g/mol. The highest BCUT2D eigenvalue weighted by molar-refractivity contribution is 14.0. The van der Waals surface area contributed by atoms with E-state index in [-0.39, 0.29) is 35.5 Å². The molecule has 0 heterocycles. The number of nitrogens with zero attached hydrogens (tertiary/aromatic N) is 1. The van der Waals surface area contributed by atoms with Crippen molar-refractivity contribution in [2.24, 2.45) is 4.99 Å². The van der Waals surface area contributed by atoms with E-state index in [1.54, 1.807) is 0 Å². The van der Waals surface area contributed by atoms with Crippen molar-refractivity contribution in [3.05, 3.63) is 34.9 Å². The van der Waals surface area contributed by atoms with E-state index in [2.05, 4.69) is 43.5 Å². The molecule has 4 nitrogen and oxygen atoms in total. The van der Waals surface area contributed by atoms with Crippen LogP contribution in [0.3, 0.4) is 0 Å². The Kier molecular flexibility index (Phi) is 9.52. The predicted molar refractivity (Wildman–Crippen MR) is 117 cm³/mol. The summed E-state index contributed by atoms with van der Waals surface area (Å²) in [5.74, 6) is 0.862. The second kappa shape index (κ2) is 10.6. The van der Waals surface area contributed by atoms with Gasteiger partial charge in [-0.25, -0.2) is 0 Å². The third kappa shape index (κ3) is 7.31. The van der Waals surface area contributed by atoms with Crippen LogP contribution in [0.15, 0.2) is 29.3 Å². The van der Waals surface area contributed by atoms with Crippen LogP contribution in [0.5, 0.6) is 0 Å². The molecule has 1 aliphatic carbocycles. The molecule has 1 fully saturated rings. The van der Waals surface area contributed by atoms with Crippen molar-refractivity contribution < 1.29 is 5.11 Å². The third-order valence-corrected chi connectivity index (χ3v) is 4.89. The van der Waals surface area contributed by atoms with Crippen LogP contribution >= 0.6 is 35.6 Å². The SMILES string of the molecule is CCNC(=NCC(C)(C)c1ccc(Cl)cc1)NC1CCC(O)CC1.I. The number of hydrogen-bond donors (Lipinski definition) is 3. The molecular weight excluding hydrogens is 449 g/mol. The minimum Gasteiger partial charge on any atom is -0.393 e. The number of nitrogens with one attached hydrogen (secondary N) is 2. The predicted octanol–water partition coefficient (Wildman–Crippen LogP) is 4.09. The van der Waals surface area contributed by atoms with E-state index in [9.17, 15) is 5.11 Å². The third-order valence-electron chi connectivity index (χ3n) is 4.64. The summed E-state index contributed by atoms with van der Waals surface area (Å²) < 4.78 is 0. The maximum atomic E-state index is 9.64. The molecule has 3 N–H and O–H groups in total. The van der Waals surface area contributed by atoms with Gasteiger partial charge in [0.15, 0.2) is 5.96 Å². The molecule has 0 atom stereocenters. The first-order valence-corrected chi connectivity index (χ1v) is 9.27. The quantitative estimate of drug-likeness (QED) is 0.339. The van der Waals surface area contributed by atoms with Gasteiger partial charge in [0, 0.05) is 23.0 Å². The number of aliphatic hydroxyl groups excluding tert-OH is 1. The molecule has 0 spiro atoms. The number of hydrogen-bond acceptors (Lipinski definition) is 2. The van der Waals surface area contributed by atoms with Gasteiger partial charge in [-0.3, -0.25) is 4.99 Å². The molecule has 1 aliphatic rings. The zero-order valence-corrected chi connectivity index (χ0v) is 18.5. The number of benzene rings is 1. The van der Waals surface area contributed by atoms with Crippen LogP contribution in [0.4, 0.5) is 0 Å². The number of guanidine groups is 1. The first-order chi connectivity index (χ1) is 11.4. The summed E-state index contributed by atoms with van der Waals surface area (Å²) in [4.78, 5) is 4.80. The number of halogens is 2. The standard InChI is InChI=1S/C19H30ClN3O.HI/c1-4-21-18(23-16-9-11-17(24)12-10-16)22-13-19(2,3)14-5-7-15(20)8-6-14;/h5-8,16-17,24H,4,9-13H2,1-3H3,(H2,21,22,23);1H. The van der Waals surface area contributed by atoms with Crippen molar-refractivity contribution in [1.29, 1.82) is 0 Å². The van der Waals surface area contributed by atoms with Crippen LogP contribution in [-0.4, -0.2) is 36.3 Å². The normalized spacial score (nSPS) is 21.4. The van der Waals surface area contributed by atoms with E-state index in [1.807, 2.05) is 12.1 Å². The van der Waals surface area contributed by atoms with E-state index in [0.29, 0.717) is 12.6 Å². The molecule has 0 radical (unpaired) electrons. The van der Waals surface area contributed by atoms with Gasteiger partial charge in [0.1, 0.15) is 0 Å². The average Bonchev–Trinajstić information content (AvgIpc) is 2.55. The van der Waals surface area contributed by atoms with Gasteiger partial charge >= 0.3 is 0 Å². The monoisotopic (exact) mass is 479 g/mol. The first-order valence-electron chi connectivity index (χ1n) is 8.89. The van der Waals surface area contributed by atoms with Crippen molar-refractivity contribution in [1.82, 2.24) is 10.6 Å². The van der Waals surface area contributed by atoms with Gasteiger partial charge in [-0.15, -0.1) is 24.0 Å². The van der Waals surface area contributed by atoms with Crippen LogP contribution < -0.4 is 10.6 Å². The van der Waals surface area contributed by atoms with E-state index in [4.69, 9.17) is 16.6 Å². The van der Waals surface area contributed by atoms with Crippen molar-refractivity contribution >= 4 is 41.5 Å². The summed E-state index contributed by atoms with van der Waals surface area (Å²) in [7, 11) is 0. The Morgan fingerprint density at radius 3 is 2.36 bits per heavy atom. The molecule has 142 valence electrons. The van der Waals surface area contributed by atoms with Gasteiger partial charge in [-0.05, 0) is 50.3 Å². The zero-order chi connectivity index (χ0) is 17.6. The van der Waals surface area contributed by atoms with Crippen LogP contribution in [-0.2, 0) is 5.41 Å². The lowest BCUT2D eigenvalue weighted by Gasteiger charge is -2.28. The summed E-state index contributed by atoms with van der Waals surface area (Å²) in [6, 6.07) is 8.39. The minimum absolute atomic E-state index is 0.